The van der Waals surface area contributed by atoms with Gasteiger partial charge in [-0.25, -0.2) is 9.97 Å². The van der Waals surface area contributed by atoms with Crippen molar-refractivity contribution < 1.29 is 0 Å². The van der Waals surface area contributed by atoms with E-state index in [0.29, 0.717) is 0 Å². The zero-order chi connectivity index (χ0) is 23.6. The second kappa shape index (κ2) is 9.64. The van der Waals surface area contributed by atoms with Crippen LogP contribution in [0.1, 0.15) is 5.56 Å². The molecule has 0 atom stereocenters. The summed E-state index contributed by atoms with van der Waals surface area (Å²) in [4.78, 5) is 14.5. The van der Waals surface area contributed by atoms with Gasteiger partial charge in [-0.2, -0.15) is 0 Å². The summed E-state index contributed by atoms with van der Waals surface area (Å²) < 4.78 is 3.24. The molecule has 6 rings (SSSR count). The maximum atomic E-state index is 4.82. The van der Waals surface area contributed by atoms with Crippen molar-refractivity contribution in [2.24, 2.45) is 0 Å². The molecule has 35 heavy (non-hydrogen) atoms. The van der Waals surface area contributed by atoms with Gasteiger partial charge in [0.15, 0.2) is 5.65 Å². The number of anilines is 1. The van der Waals surface area contributed by atoms with Gasteiger partial charge in [-0.1, -0.05) is 76.6 Å². The summed E-state index contributed by atoms with van der Waals surface area (Å²) in [6, 6.07) is 29.6. The van der Waals surface area contributed by atoms with E-state index in [-0.39, 0.29) is 0 Å². The third-order valence-corrected chi connectivity index (χ3v) is 7.20. The van der Waals surface area contributed by atoms with E-state index in [9.17, 15) is 0 Å². The topological polar surface area (TPSA) is 37.2 Å². The molecule has 1 saturated heterocycles. The first kappa shape index (κ1) is 22.0. The van der Waals surface area contributed by atoms with Crippen LogP contribution in [-0.4, -0.2) is 45.6 Å². The fraction of sp³-hybridized carbons (Fsp3) is 0.172. The Balaban J connectivity index is 1.37. The Morgan fingerprint density at radius 1 is 0.743 bits per heavy atom. The first-order chi connectivity index (χ1) is 17.3. The van der Waals surface area contributed by atoms with E-state index in [1.807, 2.05) is 0 Å². The number of fused-ring (bicyclic) bond motifs is 1. The quantitative estimate of drug-likeness (QED) is 0.276. The number of aromatic nitrogens is 3. The van der Waals surface area contributed by atoms with E-state index in [1.54, 1.807) is 6.33 Å². The Hall–Kier alpha value is -3.48. The lowest BCUT2D eigenvalue weighted by molar-refractivity contribution is 0.249. The Morgan fingerprint density at radius 2 is 1.43 bits per heavy atom. The number of nitrogens with zero attached hydrogens (tertiary/aromatic N) is 5. The highest BCUT2D eigenvalue weighted by atomic mass is 79.9. The van der Waals surface area contributed by atoms with Gasteiger partial charge in [-0.3, -0.25) is 4.90 Å². The number of piperazine rings is 1. The van der Waals surface area contributed by atoms with Gasteiger partial charge in [-0.05, 0) is 35.4 Å². The number of hydrogen-bond acceptors (Lipinski definition) is 4. The standard InChI is InChI=1S/C29H26BrN5/c30-24-11-13-25(14-12-24)35-20-26(23-9-5-2-6-10-23)27-28(31-21-32-29(27)35)34-17-15-33(16-18-34)19-22-7-3-1-4-8-22/h1-14,20-21H,15-19H2. The summed E-state index contributed by atoms with van der Waals surface area (Å²) >= 11 is 3.55. The SMILES string of the molecule is Brc1ccc(-n2cc(-c3ccccc3)c3c(N4CCN(Cc5ccccc5)CC4)ncnc32)cc1. The largest absolute Gasteiger partial charge is 0.353 e. The van der Waals surface area contributed by atoms with Crippen LogP contribution in [0.4, 0.5) is 5.82 Å². The highest BCUT2D eigenvalue weighted by molar-refractivity contribution is 9.10. The maximum absolute atomic E-state index is 4.82. The minimum atomic E-state index is 0.933. The minimum absolute atomic E-state index is 0.933. The van der Waals surface area contributed by atoms with Crippen LogP contribution in [-0.2, 0) is 6.54 Å². The molecule has 5 aromatic rings. The van der Waals surface area contributed by atoms with Crippen molar-refractivity contribution in [2.45, 2.75) is 6.54 Å². The van der Waals surface area contributed by atoms with Crippen molar-refractivity contribution in [1.82, 2.24) is 19.4 Å². The van der Waals surface area contributed by atoms with Crippen LogP contribution in [0.25, 0.3) is 27.8 Å². The summed E-state index contributed by atoms with van der Waals surface area (Å²) in [7, 11) is 0. The van der Waals surface area contributed by atoms with Crippen LogP contribution in [0.2, 0.25) is 0 Å². The lowest BCUT2D eigenvalue weighted by Crippen LogP contribution is -2.46. The van der Waals surface area contributed by atoms with E-state index >= 15 is 0 Å². The van der Waals surface area contributed by atoms with Gasteiger partial charge in [0.2, 0.25) is 0 Å². The van der Waals surface area contributed by atoms with Crippen LogP contribution in [0.3, 0.4) is 0 Å². The molecule has 0 aliphatic carbocycles. The van der Waals surface area contributed by atoms with E-state index in [2.05, 4.69) is 121 Å². The van der Waals surface area contributed by atoms with Crippen molar-refractivity contribution in [2.75, 3.05) is 31.1 Å². The summed E-state index contributed by atoms with van der Waals surface area (Å²) in [5.41, 5.74) is 5.71. The number of halogens is 1. The van der Waals surface area contributed by atoms with Crippen molar-refractivity contribution in [3.05, 3.63) is 107 Å². The molecule has 0 unspecified atom stereocenters. The lowest BCUT2D eigenvalue weighted by atomic mass is 10.1. The van der Waals surface area contributed by atoms with Gasteiger partial charge in [0, 0.05) is 54.6 Å². The third kappa shape index (κ3) is 4.47. The number of hydrogen-bond donors (Lipinski definition) is 0. The first-order valence-corrected chi connectivity index (χ1v) is 12.7. The Morgan fingerprint density at radius 3 is 2.14 bits per heavy atom. The molecule has 1 aliphatic heterocycles. The summed E-state index contributed by atoms with van der Waals surface area (Å²) in [6.07, 6.45) is 3.91. The second-order valence-electron chi connectivity index (χ2n) is 8.90. The molecule has 1 aliphatic rings. The highest BCUT2D eigenvalue weighted by Gasteiger charge is 2.24. The van der Waals surface area contributed by atoms with Crippen LogP contribution >= 0.6 is 15.9 Å². The van der Waals surface area contributed by atoms with Gasteiger partial charge in [0.05, 0.1) is 5.39 Å². The summed E-state index contributed by atoms with van der Waals surface area (Å²) in [5, 5.41) is 1.11. The highest BCUT2D eigenvalue weighted by Crippen LogP contribution is 2.37. The van der Waals surface area contributed by atoms with Crippen LogP contribution in [0.15, 0.2) is 102 Å². The number of rotatable bonds is 5. The van der Waals surface area contributed by atoms with Gasteiger partial charge in [0.1, 0.15) is 12.1 Å². The molecule has 174 valence electrons. The third-order valence-electron chi connectivity index (χ3n) is 6.67. The predicted molar refractivity (Wildman–Crippen MR) is 146 cm³/mol. The molecule has 1 fully saturated rings. The van der Waals surface area contributed by atoms with Gasteiger partial charge >= 0.3 is 0 Å². The lowest BCUT2D eigenvalue weighted by Gasteiger charge is -2.35. The van der Waals surface area contributed by atoms with E-state index in [0.717, 1.165) is 65.3 Å². The normalized spacial score (nSPS) is 14.5. The molecule has 0 N–H and O–H groups in total. The molecule has 0 bridgehead atoms. The molecular weight excluding hydrogens is 498 g/mol. The Bertz CT molecular complexity index is 1420. The van der Waals surface area contributed by atoms with Crippen LogP contribution < -0.4 is 4.90 Å². The van der Waals surface area contributed by atoms with Crippen molar-refractivity contribution in [1.29, 1.82) is 0 Å². The first-order valence-electron chi connectivity index (χ1n) is 11.9. The summed E-state index contributed by atoms with van der Waals surface area (Å²) in [5.74, 6) is 1.02. The predicted octanol–water partition coefficient (Wildman–Crippen LogP) is 6.17. The van der Waals surface area contributed by atoms with E-state index in [1.165, 1.54) is 11.1 Å². The molecule has 0 amide bonds. The Labute approximate surface area is 213 Å². The van der Waals surface area contributed by atoms with Crippen molar-refractivity contribution in [3.63, 3.8) is 0 Å². The fourth-order valence-electron chi connectivity index (χ4n) is 4.88. The van der Waals surface area contributed by atoms with Crippen LogP contribution in [0.5, 0.6) is 0 Å². The molecule has 0 spiro atoms. The van der Waals surface area contributed by atoms with Gasteiger partial charge in [-0.15, -0.1) is 0 Å². The maximum Gasteiger partial charge on any atom is 0.150 e. The fourth-order valence-corrected chi connectivity index (χ4v) is 5.14. The van der Waals surface area contributed by atoms with Gasteiger partial charge in [0.25, 0.3) is 0 Å². The van der Waals surface area contributed by atoms with E-state index in [4.69, 9.17) is 9.97 Å². The second-order valence-corrected chi connectivity index (χ2v) is 9.82. The smallest absolute Gasteiger partial charge is 0.150 e. The molecule has 6 heteroatoms. The van der Waals surface area contributed by atoms with Crippen molar-refractivity contribution in [3.8, 4) is 16.8 Å². The molecule has 0 radical (unpaired) electrons. The molecule has 3 aromatic carbocycles. The minimum Gasteiger partial charge on any atom is -0.353 e. The Kier molecular flexibility index (Phi) is 6.06. The van der Waals surface area contributed by atoms with Crippen LogP contribution in [0, 0.1) is 0 Å². The monoisotopic (exact) mass is 523 g/mol. The zero-order valence-corrected chi connectivity index (χ0v) is 21.0. The molecule has 3 heterocycles. The average molecular weight is 524 g/mol. The van der Waals surface area contributed by atoms with Crippen molar-refractivity contribution >= 4 is 32.8 Å². The average Bonchev–Trinajstić information content (AvgIpc) is 3.31. The number of benzene rings is 3. The summed E-state index contributed by atoms with van der Waals surface area (Å²) in [6.45, 7) is 4.89. The molecule has 2 aromatic heterocycles. The molecular formula is C29H26BrN5. The zero-order valence-electron chi connectivity index (χ0n) is 19.4. The molecule has 0 saturated carbocycles. The van der Waals surface area contributed by atoms with Gasteiger partial charge < -0.3 is 9.47 Å². The molecule has 5 nitrogen and oxygen atoms in total. The van der Waals surface area contributed by atoms with E-state index < -0.39 is 0 Å².